The van der Waals surface area contributed by atoms with Crippen molar-refractivity contribution < 1.29 is 9.53 Å². The number of carbonyl (C=O) groups excluding carboxylic acids is 1. The van der Waals surface area contributed by atoms with Gasteiger partial charge in [-0.3, -0.25) is 9.69 Å². The molecular weight excluding hydrogens is 344 g/mol. The molecule has 0 aliphatic carbocycles. The van der Waals surface area contributed by atoms with Crippen LogP contribution in [-0.4, -0.2) is 30.1 Å². The van der Waals surface area contributed by atoms with Crippen LogP contribution in [0.4, 0.5) is 5.69 Å². The Morgan fingerprint density at radius 1 is 1.23 bits per heavy atom. The molecule has 1 saturated heterocycles. The first-order valence-electron chi connectivity index (χ1n) is 8.52. The Bertz CT molecular complexity index is 903. The van der Waals surface area contributed by atoms with Crippen LogP contribution in [0.5, 0.6) is 5.75 Å². The van der Waals surface area contributed by atoms with Crippen molar-refractivity contribution >= 4 is 34.6 Å². The van der Waals surface area contributed by atoms with Gasteiger partial charge in [-0.25, -0.2) is 4.99 Å². The standard InChI is InChI=1S/C21H22N2O2S/c1-5-16-8-6-7-9-17(16)22-21-23(3)20(24)19(26-21)13-15-10-11-18(25-4)14(2)12-15/h6-13H,5H2,1-4H3/b19-13+,22-21?. The number of aryl methyl sites for hydroxylation is 2. The largest absolute Gasteiger partial charge is 0.496 e. The second-order valence-corrected chi connectivity index (χ2v) is 7.09. The number of aliphatic imine (C=N–C) groups is 1. The smallest absolute Gasteiger partial charge is 0.266 e. The fraction of sp³-hybridized carbons (Fsp3) is 0.238. The summed E-state index contributed by atoms with van der Waals surface area (Å²) in [5.41, 5.74) is 4.10. The van der Waals surface area contributed by atoms with Crippen LogP contribution in [0.25, 0.3) is 6.08 Å². The zero-order valence-corrected chi connectivity index (χ0v) is 16.3. The minimum absolute atomic E-state index is 0.0313. The molecule has 0 atom stereocenters. The van der Waals surface area contributed by atoms with E-state index in [9.17, 15) is 4.79 Å². The summed E-state index contributed by atoms with van der Waals surface area (Å²) in [5.74, 6) is 0.810. The van der Waals surface area contributed by atoms with E-state index in [4.69, 9.17) is 9.73 Å². The Hall–Kier alpha value is -2.53. The number of methoxy groups -OCH3 is 1. The molecule has 1 heterocycles. The van der Waals surface area contributed by atoms with Crippen LogP contribution in [0.1, 0.15) is 23.6 Å². The molecule has 0 saturated carbocycles. The lowest BCUT2D eigenvalue weighted by Crippen LogP contribution is -2.23. The predicted octanol–water partition coefficient (Wildman–Crippen LogP) is 4.80. The summed E-state index contributed by atoms with van der Waals surface area (Å²) in [6.45, 7) is 4.10. The number of nitrogens with zero attached hydrogens (tertiary/aromatic N) is 2. The first kappa shape index (κ1) is 18.3. The lowest BCUT2D eigenvalue weighted by atomic mass is 10.1. The molecule has 0 N–H and O–H groups in total. The predicted molar refractivity (Wildman–Crippen MR) is 109 cm³/mol. The van der Waals surface area contributed by atoms with Gasteiger partial charge in [-0.1, -0.05) is 31.2 Å². The van der Waals surface area contributed by atoms with Gasteiger partial charge in [-0.05, 0) is 66.1 Å². The van der Waals surface area contributed by atoms with E-state index in [2.05, 4.69) is 13.0 Å². The van der Waals surface area contributed by atoms with E-state index in [0.29, 0.717) is 10.1 Å². The summed E-state index contributed by atoms with van der Waals surface area (Å²) >= 11 is 1.41. The molecule has 0 unspecified atom stereocenters. The van der Waals surface area contributed by atoms with E-state index >= 15 is 0 Å². The number of para-hydroxylation sites is 1. The molecule has 0 bridgehead atoms. The van der Waals surface area contributed by atoms with Crippen molar-refractivity contribution in [1.29, 1.82) is 0 Å². The van der Waals surface area contributed by atoms with Crippen LogP contribution in [0, 0.1) is 6.92 Å². The number of likely N-dealkylation sites (N-methyl/N-ethyl adjacent to an activating group) is 1. The van der Waals surface area contributed by atoms with Crippen molar-refractivity contribution in [1.82, 2.24) is 4.90 Å². The maximum Gasteiger partial charge on any atom is 0.266 e. The highest BCUT2D eigenvalue weighted by Gasteiger charge is 2.30. The van der Waals surface area contributed by atoms with Crippen molar-refractivity contribution in [3.63, 3.8) is 0 Å². The molecule has 1 fully saturated rings. The summed E-state index contributed by atoms with van der Waals surface area (Å²) in [6, 6.07) is 13.9. The third-order valence-corrected chi connectivity index (χ3v) is 5.37. The van der Waals surface area contributed by atoms with E-state index in [0.717, 1.165) is 29.0 Å². The highest BCUT2D eigenvalue weighted by Crippen LogP contribution is 2.34. The molecule has 0 aromatic heterocycles. The summed E-state index contributed by atoms with van der Waals surface area (Å²) in [5, 5.41) is 0.701. The SMILES string of the molecule is CCc1ccccc1N=C1S/C(=C/c2ccc(OC)c(C)c2)C(=O)N1C. The van der Waals surface area contributed by atoms with Gasteiger partial charge >= 0.3 is 0 Å². The van der Waals surface area contributed by atoms with Crippen LogP contribution in [0.15, 0.2) is 52.4 Å². The van der Waals surface area contributed by atoms with Crippen LogP contribution in [0.3, 0.4) is 0 Å². The molecule has 1 amide bonds. The van der Waals surface area contributed by atoms with Gasteiger partial charge < -0.3 is 4.74 Å². The Balaban J connectivity index is 1.91. The number of amides is 1. The first-order chi connectivity index (χ1) is 12.5. The summed E-state index contributed by atoms with van der Waals surface area (Å²) in [4.78, 5) is 19.6. The maximum absolute atomic E-state index is 12.6. The van der Waals surface area contributed by atoms with Crippen molar-refractivity contribution in [2.75, 3.05) is 14.2 Å². The number of amidine groups is 1. The van der Waals surface area contributed by atoms with Gasteiger partial charge in [0.2, 0.25) is 0 Å². The number of rotatable bonds is 4. The number of benzene rings is 2. The molecule has 134 valence electrons. The highest BCUT2D eigenvalue weighted by molar-refractivity contribution is 8.18. The quantitative estimate of drug-likeness (QED) is 0.730. The van der Waals surface area contributed by atoms with Crippen LogP contribution < -0.4 is 4.74 Å². The molecule has 3 rings (SSSR count). The zero-order valence-electron chi connectivity index (χ0n) is 15.4. The molecule has 1 aliphatic heterocycles. The minimum atomic E-state index is -0.0313. The lowest BCUT2D eigenvalue weighted by Gasteiger charge is -2.08. The first-order valence-corrected chi connectivity index (χ1v) is 9.34. The van der Waals surface area contributed by atoms with Crippen LogP contribution in [-0.2, 0) is 11.2 Å². The molecule has 2 aromatic rings. The van der Waals surface area contributed by atoms with E-state index in [1.54, 1.807) is 19.1 Å². The molecular formula is C21H22N2O2S. The number of ether oxygens (including phenoxy) is 1. The Labute approximate surface area is 158 Å². The molecule has 4 nitrogen and oxygen atoms in total. The second-order valence-electron chi connectivity index (χ2n) is 6.08. The van der Waals surface area contributed by atoms with Gasteiger partial charge in [0.05, 0.1) is 17.7 Å². The van der Waals surface area contributed by atoms with Gasteiger partial charge in [-0.15, -0.1) is 0 Å². The minimum Gasteiger partial charge on any atom is -0.496 e. The van der Waals surface area contributed by atoms with Gasteiger partial charge in [0.1, 0.15) is 5.75 Å². The van der Waals surface area contributed by atoms with Gasteiger partial charge in [0.25, 0.3) is 5.91 Å². The van der Waals surface area contributed by atoms with Crippen molar-refractivity contribution in [3.8, 4) is 5.75 Å². The topological polar surface area (TPSA) is 41.9 Å². The van der Waals surface area contributed by atoms with Crippen LogP contribution >= 0.6 is 11.8 Å². The van der Waals surface area contributed by atoms with E-state index in [-0.39, 0.29) is 5.91 Å². The molecule has 2 aromatic carbocycles. The summed E-state index contributed by atoms with van der Waals surface area (Å²) in [7, 11) is 3.42. The number of thioether (sulfide) groups is 1. The molecule has 5 heteroatoms. The zero-order chi connectivity index (χ0) is 18.7. The molecule has 1 aliphatic rings. The third-order valence-electron chi connectivity index (χ3n) is 4.31. The number of hydrogen-bond acceptors (Lipinski definition) is 4. The fourth-order valence-electron chi connectivity index (χ4n) is 2.82. The van der Waals surface area contributed by atoms with E-state index in [1.165, 1.54) is 17.3 Å². The van der Waals surface area contributed by atoms with Gasteiger partial charge in [0, 0.05) is 7.05 Å². The molecule has 0 spiro atoms. The Morgan fingerprint density at radius 2 is 2.00 bits per heavy atom. The van der Waals surface area contributed by atoms with E-state index in [1.807, 2.05) is 49.4 Å². The Morgan fingerprint density at radius 3 is 2.69 bits per heavy atom. The molecule has 26 heavy (non-hydrogen) atoms. The average molecular weight is 366 g/mol. The van der Waals surface area contributed by atoms with Gasteiger partial charge in [0.15, 0.2) is 5.17 Å². The summed E-state index contributed by atoms with van der Waals surface area (Å²) < 4.78 is 5.29. The number of carbonyl (C=O) groups is 1. The van der Waals surface area contributed by atoms with E-state index < -0.39 is 0 Å². The molecule has 0 radical (unpaired) electrons. The third kappa shape index (κ3) is 3.68. The van der Waals surface area contributed by atoms with Crippen molar-refractivity contribution in [2.24, 2.45) is 4.99 Å². The monoisotopic (exact) mass is 366 g/mol. The average Bonchev–Trinajstić information content (AvgIpc) is 2.90. The highest BCUT2D eigenvalue weighted by atomic mass is 32.2. The van der Waals surface area contributed by atoms with Crippen molar-refractivity contribution in [2.45, 2.75) is 20.3 Å². The maximum atomic E-state index is 12.6. The number of hydrogen-bond donors (Lipinski definition) is 0. The fourth-order valence-corrected chi connectivity index (χ4v) is 3.80. The second kappa shape index (κ2) is 7.79. The Kier molecular flexibility index (Phi) is 5.47. The summed E-state index contributed by atoms with van der Waals surface area (Å²) in [6.07, 6.45) is 2.81. The van der Waals surface area contributed by atoms with Crippen LogP contribution in [0.2, 0.25) is 0 Å². The normalized spacial score (nSPS) is 17.4. The van der Waals surface area contributed by atoms with Gasteiger partial charge in [-0.2, -0.15) is 0 Å². The lowest BCUT2D eigenvalue weighted by molar-refractivity contribution is -0.121. The van der Waals surface area contributed by atoms with Crippen molar-refractivity contribution in [3.05, 3.63) is 64.1 Å².